The Morgan fingerprint density at radius 2 is 1.33 bits per heavy atom. The topological polar surface area (TPSA) is 70.8 Å². The van der Waals surface area contributed by atoms with Crippen LogP contribution in [0.4, 0.5) is 5.69 Å². The van der Waals surface area contributed by atoms with E-state index in [1.807, 2.05) is 48.5 Å². The highest BCUT2D eigenvalue weighted by Gasteiger charge is 2.25. The summed E-state index contributed by atoms with van der Waals surface area (Å²) < 4.78 is 16.9. The van der Waals surface area contributed by atoms with Crippen molar-refractivity contribution in [3.8, 4) is 39.5 Å². The summed E-state index contributed by atoms with van der Waals surface area (Å²) in [4.78, 5) is 11.9. The molecule has 0 saturated heterocycles. The van der Waals surface area contributed by atoms with Crippen LogP contribution in [0.25, 0.3) is 22.3 Å². The molecule has 0 heterocycles. The van der Waals surface area contributed by atoms with Crippen LogP contribution < -0.4 is 14.2 Å². The van der Waals surface area contributed by atoms with Crippen molar-refractivity contribution >= 4 is 5.69 Å². The second kappa shape index (κ2) is 9.87. The van der Waals surface area contributed by atoms with E-state index in [0.29, 0.717) is 46.1 Å². The summed E-state index contributed by atoms with van der Waals surface area (Å²) in [6, 6.07) is 27.6. The van der Waals surface area contributed by atoms with Gasteiger partial charge < -0.3 is 14.2 Å². The average Bonchev–Trinajstić information content (AvgIpc) is 2.87. The Morgan fingerprint density at radius 3 is 2.00 bits per heavy atom. The molecule has 4 aromatic carbocycles. The molecule has 0 fully saturated rings. The van der Waals surface area contributed by atoms with Gasteiger partial charge in [-0.2, -0.15) is 0 Å². The number of nitro groups is 1. The summed E-state index contributed by atoms with van der Waals surface area (Å²) in [5.74, 6) is 1.66. The molecular weight excluding hydrogens is 418 g/mol. The Labute approximate surface area is 192 Å². The van der Waals surface area contributed by atoms with Crippen molar-refractivity contribution in [3.63, 3.8) is 0 Å². The van der Waals surface area contributed by atoms with Crippen LogP contribution in [0.1, 0.15) is 5.56 Å². The number of benzene rings is 4. The molecule has 0 aliphatic heterocycles. The van der Waals surface area contributed by atoms with Gasteiger partial charge in [-0.15, -0.1) is 0 Å². The molecule has 6 heteroatoms. The van der Waals surface area contributed by atoms with Gasteiger partial charge in [0.25, 0.3) is 5.69 Å². The lowest BCUT2D eigenvalue weighted by Crippen LogP contribution is -2.00. The Hall–Kier alpha value is -4.32. The molecule has 0 bridgehead atoms. The van der Waals surface area contributed by atoms with Crippen LogP contribution >= 0.6 is 0 Å². The van der Waals surface area contributed by atoms with E-state index < -0.39 is 0 Å². The van der Waals surface area contributed by atoms with Crippen molar-refractivity contribution < 1.29 is 19.1 Å². The SMILES string of the molecule is COc1ccc(-c2cccc(-c3ccccc3OC)c2[N+](=O)[O-])c(OCc2ccccc2)c1. The molecule has 0 aromatic heterocycles. The molecule has 4 rings (SSSR count). The van der Waals surface area contributed by atoms with Crippen molar-refractivity contribution in [1.82, 2.24) is 0 Å². The first-order valence-corrected chi connectivity index (χ1v) is 10.4. The molecule has 33 heavy (non-hydrogen) atoms. The lowest BCUT2D eigenvalue weighted by atomic mass is 9.95. The third-order valence-corrected chi connectivity index (χ3v) is 5.33. The first-order chi connectivity index (χ1) is 16.1. The summed E-state index contributed by atoms with van der Waals surface area (Å²) >= 11 is 0. The highest BCUT2D eigenvalue weighted by Crippen LogP contribution is 2.45. The standard InChI is InChI=1S/C27H23NO5/c1-31-20-15-16-22(26(17-20)33-18-19-9-4-3-5-10-19)24-13-8-12-23(27(24)28(29)30)21-11-6-7-14-25(21)32-2/h3-17H,18H2,1-2H3. The van der Waals surface area contributed by atoms with Gasteiger partial charge in [0.05, 0.1) is 30.3 Å². The number of hydrogen-bond acceptors (Lipinski definition) is 5. The summed E-state index contributed by atoms with van der Waals surface area (Å²) in [6.45, 7) is 0.320. The number of para-hydroxylation sites is 2. The number of nitro benzene ring substituents is 1. The van der Waals surface area contributed by atoms with Crippen LogP contribution in [0.15, 0.2) is 91.0 Å². The fraction of sp³-hybridized carbons (Fsp3) is 0.111. The van der Waals surface area contributed by atoms with E-state index in [4.69, 9.17) is 14.2 Å². The Balaban J connectivity index is 1.86. The van der Waals surface area contributed by atoms with Crippen LogP contribution in [0.3, 0.4) is 0 Å². The van der Waals surface area contributed by atoms with Gasteiger partial charge in [0.2, 0.25) is 0 Å². The molecule has 6 nitrogen and oxygen atoms in total. The lowest BCUT2D eigenvalue weighted by molar-refractivity contribution is -0.383. The molecule has 0 saturated carbocycles. The van der Waals surface area contributed by atoms with Crippen molar-refractivity contribution in [2.45, 2.75) is 6.61 Å². The number of rotatable bonds is 8. The van der Waals surface area contributed by atoms with Crippen LogP contribution in [0, 0.1) is 10.1 Å². The van der Waals surface area contributed by atoms with E-state index in [1.165, 1.54) is 0 Å². The van der Waals surface area contributed by atoms with E-state index in [0.717, 1.165) is 5.56 Å². The quantitative estimate of drug-likeness (QED) is 0.230. The highest BCUT2D eigenvalue weighted by atomic mass is 16.6. The fourth-order valence-corrected chi connectivity index (χ4v) is 3.75. The Morgan fingerprint density at radius 1 is 0.697 bits per heavy atom. The third kappa shape index (κ3) is 4.65. The maximum atomic E-state index is 12.3. The Kier molecular flexibility index (Phi) is 6.55. The molecule has 0 unspecified atom stereocenters. The van der Waals surface area contributed by atoms with Gasteiger partial charge in [-0.25, -0.2) is 0 Å². The van der Waals surface area contributed by atoms with Gasteiger partial charge in [-0.05, 0) is 35.9 Å². The van der Waals surface area contributed by atoms with Crippen LogP contribution in [-0.2, 0) is 6.61 Å². The molecule has 0 atom stereocenters. The zero-order valence-electron chi connectivity index (χ0n) is 18.4. The van der Waals surface area contributed by atoms with E-state index in [9.17, 15) is 10.1 Å². The number of methoxy groups -OCH3 is 2. The van der Waals surface area contributed by atoms with Crippen molar-refractivity contribution in [1.29, 1.82) is 0 Å². The van der Waals surface area contributed by atoms with Crippen LogP contribution in [0.5, 0.6) is 17.2 Å². The summed E-state index contributed by atoms with van der Waals surface area (Å²) in [5, 5.41) is 12.3. The van der Waals surface area contributed by atoms with Crippen LogP contribution in [-0.4, -0.2) is 19.1 Å². The van der Waals surface area contributed by atoms with Gasteiger partial charge in [0.1, 0.15) is 23.9 Å². The lowest BCUT2D eigenvalue weighted by Gasteiger charge is -2.15. The summed E-state index contributed by atoms with van der Waals surface area (Å²) in [7, 11) is 3.12. The largest absolute Gasteiger partial charge is 0.497 e. The maximum Gasteiger partial charge on any atom is 0.285 e. The molecular formula is C27H23NO5. The molecule has 166 valence electrons. The number of hydrogen-bond donors (Lipinski definition) is 0. The highest BCUT2D eigenvalue weighted by molar-refractivity contribution is 5.89. The van der Waals surface area contributed by atoms with Crippen molar-refractivity contribution in [3.05, 3.63) is 107 Å². The molecule has 0 aliphatic carbocycles. The molecule has 0 aliphatic rings. The zero-order chi connectivity index (χ0) is 23.2. The molecule has 0 spiro atoms. The molecule has 0 N–H and O–H groups in total. The van der Waals surface area contributed by atoms with Gasteiger partial charge in [-0.3, -0.25) is 10.1 Å². The third-order valence-electron chi connectivity index (χ3n) is 5.33. The predicted octanol–water partition coefficient (Wildman–Crippen LogP) is 6.53. The molecule has 0 radical (unpaired) electrons. The monoisotopic (exact) mass is 441 g/mol. The number of ether oxygens (including phenoxy) is 3. The van der Waals surface area contributed by atoms with Gasteiger partial charge in [0.15, 0.2) is 0 Å². The van der Waals surface area contributed by atoms with Crippen molar-refractivity contribution in [2.75, 3.05) is 14.2 Å². The second-order valence-corrected chi connectivity index (χ2v) is 7.30. The van der Waals surface area contributed by atoms with E-state index in [-0.39, 0.29) is 10.6 Å². The average molecular weight is 441 g/mol. The number of nitrogens with zero attached hydrogens (tertiary/aromatic N) is 1. The predicted molar refractivity (Wildman–Crippen MR) is 128 cm³/mol. The van der Waals surface area contributed by atoms with E-state index >= 15 is 0 Å². The first kappa shape index (κ1) is 21.9. The van der Waals surface area contributed by atoms with Gasteiger partial charge in [0, 0.05) is 17.2 Å². The van der Waals surface area contributed by atoms with E-state index in [2.05, 4.69) is 0 Å². The zero-order valence-corrected chi connectivity index (χ0v) is 18.4. The fourth-order valence-electron chi connectivity index (χ4n) is 3.75. The van der Waals surface area contributed by atoms with Gasteiger partial charge >= 0.3 is 0 Å². The normalized spacial score (nSPS) is 10.5. The smallest absolute Gasteiger partial charge is 0.285 e. The van der Waals surface area contributed by atoms with Crippen LogP contribution in [0.2, 0.25) is 0 Å². The molecule has 0 amide bonds. The minimum atomic E-state index is -0.359. The molecule has 4 aromatic rings. The second-order valence-electron chi connectivity index (χ2n) is 7.30. The maximum absolute atomic E-state index is 12.3. The summed E-state index contributed by atoms with van der Waals surface area (Å²) in [6.07, 6.45) is 0. The van der Waals surface area contributed by atoms with E-state index in [1.54, 1.807) is 56.7 Å². The summed E-state index contributed by atoms with van der Waals surface area (Å²) in [5.41, 5.74) is 3.15. The minimum Gasteiger partial charge on any atom is -0.497 e. The van der Waals surface area contributed by atoms with Crippen molar-refractivity contribution in [2.24, 2.45) is 0 Å². The van der Waals surface area contributed by atoms with Gasteiger partial charge in [-0.1, -0.05) is 54.6 Å². The Bertz CT molecular complexity index is 1270. The minimum absolute atomic E-state index is 0.0169. The first-order valence-electron chi connectivity index (χ1n) is 10.4.